The number of methoxy groups -OCH3 is 2. The number of para-hydroxylation sites is 1. The third-order valence-corrected chi connectivity index (χ3v) is 2.86. The van der Waals surface area contributed by atoms with Gasteiger partial charge < -0.3 is 14.2 Å². The molecule has 2 aromatic rings. The van der Waals surface area contributed by atoms with Gasteiger partial charge in [-0.25, -0.2) is 0 Å². The highest BCUT2D eigenvalue weighted by Crippen LogP contribution is 2.36. The van der Waals surface area contributed by atoms with E-state index in [0.717, 1.165) is 6.42 Å². The van der Waals surface area contributed by atoms with Crippen molar-refractivity contribution in [3.05, 3.63) is 54.1 Å². The Morgan fingerprint density at radius 2 is 1.42 bits per heavy atom. The SMILES string of the molecule is COc1cccc(OC)c1OCCc1ccccc1. The summed E-state index contributed by atoms with van der Waals surface area (Å²) in [6.45, 7) is 0.584. The standard InChI is InChI=1S/C16H18O3/c1-17-14-9-6-10-15(18-2)16(14)19-12-11-13-7-4-3-5-8-13/h3-10H,11-12H2,1-2H3. The van der Waals surface area contributed by atoms with Crippen molar-refractivity contribution >= 4 is 0 Å². The van der Waals surface area contributed by atoms with E-state index in [-0.39, 0.29) is 0 Å². The minimum absolute atomic E-state index is 0.584. The lowest BCUT2D eigenvalue weighted by atomic mass is 10.2. The molecule has 0 aromatic heterocycles. The number of hydrogen-bond acceptors (Lipinski definition) is 3. The Hall–Kier alpha value is -2.16. The van der Waals surface area contributed by atoms with Crippen molar-refractivity contribution < 1.29 is 14.2 Å². The molecule has 3 heteroatoms. The van der Waals surface area contributed by atoms with Crippen molar-refractivity contribution in [3.63, 3.8) is 0 Å². The van der Waals surface area contributed by atoms with Gasteiger partial charge in [0.05, 0.1) is 20.8 Å². The number of hydrogen-bond donors (Lipinski definition) is 0. The van der Waals surface area contributed by atoms with Gasteiger partial charge in [-0.1, -0.05) is 36.4 Å². The summed E-state index contributed by atoms with van der Waals surface area (Å²) in [5, 5.41) is 0. The van der Waals surface area contributed by atoms with E-state index < -0.39 is 0 Å². The molecule has 0 unspecified atom stereocenters. The molecule has 0 saturated carbocycles. The molecule has 0 aliphatic rings. The highest BCUT2D eigenvalue weighted by atomic mass is 16.5. The molecule has 0 amide bonds. The molecule has 0 spiro atoms. The Bertz CT molecular complexity index is 486. The first-order valence-electron chi connectivity index (χ1n) is 6.23. The predicted molar refractivity (Wildman–Crippen MR) is 75.2 cm³/mol. The van der Waals surface area contributed by atoms with Crippen LogP contribution >= 0.6 is 0 Å². The van der Waals surface area contributed by atoms with E-state index in [1.807, 2.05) is 36.4 Å². The van der Waals surface area contributed by atoms with Gasteiger partial charge in [-0.15, -0.1) is 0 Å². The van der Waals surface area contributed by atoms with Crippen molar-refractivity contribution in [1.82, 2.24) is 0 Å². The first-order chi connectivity index (χ1) is 9.35. The predicted octanol–water partition coefficient (Wildman–Crippen LogP) is 3.33. The minimum atomic E-state index is 0.584. The molecule has 0 radical (unpaired) electrons. The zero-order chi connectivity index (χ0) is 13.5. The van der Waals surface area contributed by atoms with E-state index in [2.05, 4.69) is 12.1 Å². The van der Waals surface area contributed by atoms with E-state index >= 15 is 0 Å². The van der Waals surface area contributed by atoms with Gasteiger partial charge in [0, 0.05) is 6.42 Å². The highest BCUT2D eigenvalue weighted by Gasteiger charge is 2.10. The average molecular weight is 258 g/mol. The molecular weight excluding hydrogens is 240 g/mol. The van der Waals surface area contributed by atoms with Gasteiger partial charge in [-0.3, -0.25) is 0 Å². The van der Waals surface area contributed by atoms with Crippen LogP contribution in [0.1, 0.15) is 5.56 Å². The molecular formula is C16H18O3. The molecule has 0 heterocycles. The summed E-state index contributed by atoms with van der Waals surface area (Å²) < 4.78 is 16.4. The normalized spacial score (nSPS) is 10.0. The lowest BCUT2D eigenvalue weighted by molar-refractivity contribution is 0.277. The molecule has 19 heavy (non-hydrogen) atoms. The Morgan fingerprint density at radius 1 is 0.789 bits per heavy atom. The fourth-order valence-electron chi connectivity index (χ4n) is 1.88. The molecule has 0 atom stereocenters. The van der Waals surface area contributed by atoms with Crippen molar-refractivity contribution in [1.29, 1.82) is 0 Å². The van der Waals surface area contributed by atoms with E-state index in [0.29, 0.717) is 23.9 Å². The van der Waals surface area contributed by atoms with Crippen LogP contribution in [0.5, 0.6) is 17.2 Å². The second-order valence-electron chi connectivity index (χ2n) is 4.08. The summed E-state index contributed by atoms with van der Waals surface area (Å²) in [5.41, 5.74) is 1.25. The Labute approximate surface area is 113 Å². The highest BCUT2D eigenvalue weighted by molar-refractivity contribution is 5.51. The molecule has 0 N–H and O–H groups in total. The molecule has 0 fully saturated rings. The van der Waals surface area contributed by atoms with Crippen LogP contribution in [0.25, 0.3) is 0 Å². The molecule has 3 nitrogen and oxygen atoms in total. The van der Waals surface area contributed by atoms with Gasteiger partial charge in [0.2, 0.25) is 5.75 Å². The van der Waals surface area contributed by atoms with Gasteiger partial charge >= 0.3 is 0 Å². The number of rotatable bonds is 6. The van der Waals surface area contributed by atoms with Gasteiger partial charge in [-0.2, -0.15) is 0 Å². The maximum absolute atomic E-state index is 5.80. The summed E-state index contributed by atoms with van der Waals surface area (Å²) in [6, 6.07) is 15.8. The quantitative estimate of drug-likeness (QED) is 0.795. The maximum atomic E-state index is 5.80. The van der Waals surface area contributed by atoms with E-state index in [1.165, 1.54) is 5.56 Å². The summed E-state index contributed by atoms with van der Waals surface area (Å²) >= 11 is 0. The monoisotopic (exact) mass is 258 g/mol. The maximum Gasteiger partial charge on any atom is 0.203 e. The van der Waals surface area contributed by atoms with Gasteiger partial charge in [0.25, 0.3) is 0 Å². The van der Waals surface area contributed by atoms with E-state index in [1.54, 1.807) is 14.2 Å². The smallest absolute Gasteiger partial charge is 0.203 e. The fourth-order valence-corrected chi connectivity index (χ4v) is 1.88. The summed E-state index contributed by atoms with van der Waals surface area (Å²) in [7, 11) is 3.25. The molecule has 0 aliphatic heterocycles. The van der Waals surface area contributed by atoms with Crippen molar-refractivity contribution in [2.24, 2.45) is 0 Å². The van der Waals surface area contributed by atoms with Crippen molar-refractivity contribution in [2.75, 3.05) is 20.8 Å². The topological polar surface area (TPSA) is 27.7 Å². The van der Waals surface area contributed by atoms with Crippen LogP contribution < -0.4 is 14.2 Å². The summed E-state index contributed by atoms with van der Waals surface area (Å²) in [4.78, 5) is 0. The Balaban J connectivity index is 2.02. The van der Waals surface area contributed by atoms with Crippen LogP contribution in [0, 0.1) is 0 Å². The third-order valence-electron chi connectivity index (χ3n) is 2.86. The molecule has 2 aromatic carbocycles. The Kier molecular flexibility index (Phi) is 4.67. The second-order valence-corrected chi connectivity index (χ2v) is 4.08. The van der Waals surface area contributed by atoms with E-state index in [4.69, 9.17) is 14.2 Å². The zero-order valence-electron chi connectivity index (χ0n) is 11.3. The molecule has 0 bridgehead atoms. The lowest BCUT2D eigenvalue weighted by Gasteiger charge is -2.14. The average Bonchev–Trinajstić information content (AvgIpc) is 2.48. The van der Waals surface area contributed by atoms with Gasteiger partial charge in [-0.05, 0) is 17.7 Å². The second kappa shape index (κ2) is 6.69. The van der Waals surface area contributed by atoms with Crippen molar-refractivity contribution in [3.8, 4) is 17.2 Å². The van der Waals surface area contributed by atoms with Crippen LogP contribution in [-0.4, -0.2) is 20.8 Å². The zero-order valence-corrected chi connectivity index (χ0v) is 11.3. The summed E-state index contributed by atoms with van der Waals surface area (Å²) in [6.07, 6.45) is 0.849. The van der Waals surface area contributed by atoms with Crippen LogP contribution in [0.3, 0.4) is 0 Å². The van der Waals surface area contributed by atoms with Crippen LogP contribution in [0.2, 0.25) is 0 Å². The largest absolute Gasteiger partial charge is 0.493 e. The number of benzene rings is 2. The first-order valence-corrected chi connectivity index (χ1v) is 6.23. The van der Waals surface area contributed by atoms with Crippen molar-refractivity contribution in [2.45, 2.75) is 6.42 Å². The molecule has 2 rings (SSSR count). The van der Waals surface area contributed by atoms with Gasteiger partial charge in [0.1, 0.15) is 0 Å². The number of ether oxygens (including phenoxy) is 3. The fraction of sp³-hybridized carbons (Fsp3) is 0.250. The first kappa shape index (κ1) is 13.3. The molecule has 100 valence electrons. The lowest BCUT2D eigenvalue weighted by Crippen LogP contribution is -2.04. The minimum Gasteiger partial charge on any atom is -0.493 e. The van der Waals surface area contributed by atoms with Crippen LogP contribution in [0.15, 0.2) is 48.5 Å². The summed E-state index contributed by atoms with van der Waals surface area (Å²) in [5.74, 6) is 2.03. The Morgan fingerprint density at radius 3 is 2.00 bits per heavy atom. The molecule has 0 saturated heterocycles. The third kappa shape index (κ3) is 3.41. The van der Waals surface area contributed by atoms with Gasteiger partial charge in [0.15, 0.2) is 11.5 Å². The van der Waals surface area contributed by atoms with E-state index in [9.17, 15) is 0 Å². The molecule has 0 aliphatic carbocycles. The van der Waals surface area contributed by atoms with Crippen LogP contribution in [-0.2, 0) is 6.42 Å². The van der Waals surface area contributed by atoms with Crippen LogP contribution in [0.4, 0.5) is 0 Å².